The summed E-state index contributed by atoms with van der Waals surface area (Å²) in [7, 11) is 0. The van der Waals surface area contributed by atoms with Gasteiger partial charge in [-0.15, -0.1) is 4.68 Å². The van der Waals surface area contributed by atoms with Gasteiger partial charge in [0.25, 0.3) is 11.2 Å². The molecule has 0 bridgehead atoms. The van der Waals surface area contributed by atoms with E-state index in [-0.39, 0.29) is 16.6 Å². The summed E-state index contributed by atoms with van der Waals surface area (Å²) in [5.74, 6) is 0. The van der Waals surface area contributed by atoms with Gasteiger partial charge in [-0.1, -0.05) is 0 Å². The quantitative estimate of drug-likeness (QED) is 0.546. The van der Waals surface area contributed by atoms with Crippen molar-refractivity contribution in [3.63, 3.8) is 0 Å². The van der Waals surface area contributed by atoms with Crippen LogP contribution in [0.5, 0.6) is 0 Å². The molecule has 0 spiro atoms. The third-order valence-corrected chi connectivity index (χ3v) is 2.07. The first kappa shape index (κ1) is 9.90. The topological polar surface area (TPSA) is 118 Å². The molecule has 2 N–H and O–H groups in total. The number of nitro benzene ring substituents is 1. The molecule has 0 saturated carbocycles. The predicted molar refractivity (Wildman–Crippen MR) is 52.6 cm³/mol. The molecule has 0 fully saturated rings. The van der Waals surface area contributed by atoms with Gasteiger partial charge in [0.15, 0.2) is 0 Å². The number of nitro groups is 1. The summed E-state index contributed by atoms with van der Waals surface area (Å²) >= 11 is 0. The van der Waals surface area contributed by atoms with Crippen molar-refractivity contribution in [3.05, 3.63) is 38.7 Å². The molecule has 1 aromatic heterocycles. The molecule has 0 radical (unpaired) electrons. The summed E-state index contributed by atoms with van der Waals surface area (Å²) in [6.07, 6.45) is -1.47. The number of carboxylic acid groups (broad SMARTS) is 1. The van der Waals surface area contributed by atoms with Crippen LogP contribution in [0.4, 0.5) is 10.5 Å². The minimum Gasteiger partial charge on any atom is -0.463 e. The number of carbonyl (C=O) groups is 1. The Morgan fingerprint density at radius 3 is 2.75 bits per heavy atom. The Hall–Kier alpha value is -2.64. The van der Waals surface area contributed by atoms with Crippen molar-refractivity contribution in [2.24, 2.45) is 0 Å². The number of nitrogens with zero attached hydrogens (tertiary/aromatic N) is 2. The van der Waals surface area contributed by atoms with Crippen LogP contribution in [-0.2, 0) is 0 Å². The summed E-state index contributed by atoms with van der Waals surface area (Å²) in [4.78, 5) is 31.9. The minimum absolute atomic E-state index is 0.0309. The largest absolute Gasteiger partial charge is 0.463 e. The molecule has 0 aliphatic heterocycles. The van der Waals surface area contributed by atoms with E-state index < -0.39 is 16.6 Å². The molecule has 1 heterocycles. The first-order valence-corrected chi connectivity index (χ1v) is 4.13. The Morgan fingerprint density at radius 2 is 2.19 bits per heavy atom. The van der Waals surface area contributed by atoms with Crippen molar-refractivity contribution in [1.82, 2.24) is 9.78 Å². The maximum absolute atomic E-state index is 11.5. The number of H-pyrrole nitrogens is 1. The molecular weight excluding hydrogens is 218 g/mol. The Balaban J connectivity index is 2.79. The number of hydrogen-bond acceptors (Lipinski definition) is 4. The highest BCUT2D eigenvalue weighted by Gasteiger charge is 2.14. The van der Waals surface area contributed by atoms with Gasteiger partial charge < -0.3 is 5.11 Å². The third-order valence-electron chi connectivity index (χ3n) is 2.07. The Bertz CT molecular complexity index is 653. The maximum Gasteiger partial charge on any atom is 0.433 e. The van der Waals surface area contributed by atoms with Gasteiger partial charge in [-0.05, 0) is 6.07 Å². The normalized spacial score (nSPS) is 10.5. The first-order valence-electron chi connectivity index (χ1n) is 4.13. The fourth-order valence-electron chi connectivity index (χ4n) is 1.35. The fraction of sp³-hybridized carbons (Fsp3) is 0. The van der Waals surface area contributed by atoms with Crippen molar-refractivity contribution in [2.75, 3.05) is 0 Å². The average molecular weight is 223 g/mol. The lowest BCUT2D eigenvalue weighted by Crippen LogP contribution is -2.22. The maximum atomic E-state index is 11.5. The second-order valence-corrected chi connectivity index (χ2v) is 3.02. The summed E-state index contributed by atoms with van der Waals surface area (Å²) in [6, 6.07) is 3.51. The molecule has 0 unspecified atom stereocenters. The first-order chi connectivity index (χ1) is 7.50. The van der Waals surface area contributed by atoms with Gasteiger partial charge in [-0.3, -0.25) is 20.0 Å². The molecule has 16 heavy (non-hydrogen) atoms. The number of benzene rings is 1. The molecule has 0 atom stereocenters. The number of aromatic amines is 1. The van der Waals surface area contributed by atoms with Gasteiger partial charge in [-0.2, -0.15) is 0 Å². The summed E-state index contributed by atoms with van der Waals surface area (Å²) in [5, 5.41) is 21.4. The molecule has 0 amide bonds. The number of fused-ring (bicyclic) bond motifs is 1. The number of aromatic nitrogens is 2. The van der Waals surface area contributed by atoms with Crippen molar-refractivity contribution >= 4 is 22.7 Å². The second-order valence-electron chi connectivity index (χ2n) is 3.02. The fourth-order valence-corrected chi connectivity index (χ4v) is 1.35. The standard InChI is InChI=1S/C8H5N3O5/c12-7-5-3-4(11(15)16)1-2-6(5)9-10(7)8(13)14/h1-3,9H,(H,13,14). The smallest absolute Gasteiger partial charge is 0.433 e. The van der Waals surface area contributed by atoms with E-state index in [1.165, 1.54) is 12.1 Å². The van der Waals surface area contributed by atoms with Crippen LogP contribution in [0, 0.1) is 10.1 Å². The van der Waals surface area contributed by atoms with Gasteiger partial charge in [0.05, 0.1) is 15.8 Å². The number of rotatable bonds is 1. The molecule has 8 heteroatoms. The zero-order valence-corrected chi connectivity index (χ0v) is 7.71. The predicted octanol–water partition coefficient (Wildman–Crippen LogP) is 0.764. The van der Waals surface area contributed by atoms with Crippen LogP contribution in [0.15, 0.2) is 23.0 Å². The van der Waals surface area contributed by atoms with Crippen molar-refractivity contribution in [3.8, 4) is 0 Å². The van der Waals surface area contributed by atoms with Gasteiger partial charge in [0.2, 0.25) is 0 Å². The van der Waals surface area contributed by atoms with Gasteiger partial charge >= 0.3 is 6.09 Å². The molecule has 0 saturated heterocycles. The molecule has 82 valence electrons. The minimum atomic E-state index is -1.47. The third kappa shape index (κ3) is 1.32. The van der Waals surface area contributed by atoms with Crippen LogP contribution in [0.25, 0.3) is 10.9 Å². The number of hydrogen-bond donors (Lipinski definition) is 2. The lowest BCUT2D eigenvalue weighted by atomic mass is 10.2. The van der Waals surface area contributed by atoms with Crippen molar-refractivity contribution in [2.45, 2.75) is 0 Å². The molecule has 8 nitrogen and oxygen atoms in total. The van der Waals surface area contributed by atoms with Crippen LogP contribution >= 0.6 is 0 Å². The zero-order valence-electron chi connectivity index (χ0n) is 7.71. The van der Waals surface area contributed by atoms with E-state index in [2.05, 4.69) is 5.10 Å². The lowest BCUT2D eigenvalue weighted by Gasteiger charge is -1.89. The van der Waals surface area contributed by atoms with E-state index in [0.29, 0.717) is 4.68 Å². The highest BCUT2D eigenvalue weighted by molar-refractivity contribution is 5.83. The van der Waals surface area contributed by atoms with E-state index in [1.807, 2.05) is 0 Å². The summed E-state index contributed by atoms with van der Waals surface area (Å²) in [5.41, 5.74) is -0.856. The van der Waals surface area contributed by atoms with E-state index >= 15 is 0 Å². The number of non-ortho nitro benzene ring substituents is 1. The van der Waals surface area contributed by atoms with E-state index in [4.69, 9.17) is 5.11 Å². The number of nitrogens with one attached hydrogen (secondary N) is 1. The monoisotopic (exact) mass is 223 g/mol. The van der Waals surface area contributed by atoms with E-state index in [9.17, 15) is 19.7 Å². The van der Waals surface area contributed by atoms with Crippen LogP contribution in [0.2, 0.25) is 0 Å². The Morgan fingerprint density at radius 1 is 1.50 bits per heavy atom. The van der Waals surface area contributed by atoms with Gasteiger partial charge in [-0.25, -0.2) is 4.79 Å². The Kier molecular flexibility index (Phi) is 1.97. The summed E-state index contributed by atoms with van der Waals surface area (Å²) in [6.45, 7) is 0. The van der Waals surface area contributed by atoms with Crippen LogP contribution in [-0.4, -0.2) is 25.9 Å². The van der Waals surface area contributed by atoms with Crippen molar-refractivity contribution < 1.29 is 14.8 Å². The summed E-state index contributed by atoms with van der Waals surface area (Å²) < 4.78 is 0.369. The highest BCUT2D eigenvalue weighted by Crippen LogP contribution is 2.16. The highest BCUT2D eigenvalue weighted by atomic mass is 16.6. The van der Waals surface area contributed by atoms with Crippen LogP contribution in [0.3, 0.4) is 0 Å². The molecule has 2 rings (SSSR count). The van der Waals surface area contributed by atoms with Crippen LogP contribution < -0.4 is 5.56 Å². The molecular formula is C8H5N3O5. The second kappa shape index (κ2) is 3.19. The molecule has 1 aromatic carbocycles. The van der Waals surface area contributed by atoms with Crippen LogP contribution in [0.1, 0.15) is 0 Å². The average Bonchev–Trinajstić information content (AvgIpc) is 2.56. The van der Waals surface area contributed by atoms with Gasteiger partial charge in [0, 0.05) is 12.1 Å². The van der Waals surface area contributed by atoms with E-state index in [1.54, 1.807) is 0 Å². The SMILES string of the molecule is O=C(O)n1[nH]c2ccc([N+](=O)[O-])cc2c1=O. The Labute approximate surface area is 86.9 Å². The zero-order chi connectivity index (χ0) is 11.9. The molecule has 0 aliphatic rings. The molecule has 0 aliphatic carbocycles. The van der Waals surface area contributed by atoms with E-state index in [0.717, 1.165) is 6.07 Å². The van der Waals surface area contributed by atoms with Crippen molar-refractivity contribution in [1.29, 1.82) is 0 Å². The lowest BCUT2D eigenvalue weighted by molar-refractivity contribution is -0.384. The van der Waals surface area contributed by atoms with Gasteiger partial charge in [0.1, 0.15) is 0 Å². The molecule has 2 aromatic rings.